The van der Waals surface area contributed by atoms with E-state index in [9.17, 15) is 0 Å². The first-order chi connectivity index (χ1) is 20.8. The Balaban J connectivity index is 3.28. The molecule has 0 fully saturated rings. The molecule has 2 N–H and O–H groups in total. The number of allylic oxidation sites excluding steroid dienone is 2. The summed E-state index contributed by atoms with van der Waals surface area (Å²) in [5.74, 6) is 0. The number of hydrogen-bond donors (Lipinski definition) is 1. The van der Waals surface area contributed by atoms with Gasteiger partial charge in [-0.05, 0) is 38.5 Å². The van der Waals surface area contributed by atoms with Crippen molar-refractivity contribution in [3.63, 3.8) is 0 Å². The Morgan fingerprint density at radius 1 is 0.429 bits per heavy atom. The molecule has 42 heavy (non-hydrogen) atoms. The zero-order valence-corrected chi connectivity index (χ0v) is 29.2. The Morgan fingerprint density at radius 3 is 1.14 bits per heavy atom. The van der Waals surface area contributed by atoms with Crippen LogP contribution < -0.4 is 5.73 Å². The van der Waals surface area contributed by atoms with E-state index in [1.54, 1.807) is 0 Å². The fraction of sp³-hybridized carbons (Fsp3) is 0.949. The molecule has 0 bridgehead atoms. The number of rotatable bonds is 37. The van der Waals surface area contributed by atoms with E-state index in [0.717, 1.165) is 19.6 Å². The van der Waals surface area contributed by atoms with Crippen LogP contribution in [0.1, 0.15) is 206 Å². The van der Waals surface area contributed by atoms with Gasteiger partial charge in [0.2, 0.25) is 0 Å². The largest absolute Gasteiger partial charge is 0.379 e. The molecular formula is C39H79NO2. The summed E-state index contributed by atoms with van der Waals surface area (Å²) < 4.78 is 11.9. The third-order valence-electron chi connectivity index (χ3n) is 8.72. The number of unbranched alkanes of at least 4 members (excludes halogenated alkanes) is 27. The number of hydrogen-bond acceptors (Lipinski definition) is 3. The van der Waals surface area contributed by atoms with E-state index in [0.29, 0.717) is 13.2 Å². The molecule has 1 unspecified atom stereocenters. The van der Waals surface area contributed by atoms with E-state index in [1.165, 1.54) is 186 Å². The zero-order valence-electron chi connectivity index (χ0n) is 29.2. The highest BCUT2D eigenvalue weighted by atomic mass is 16.5. The molecule has 0 radical (unpaired) electrons. The minimum Gasteiger partial charge on any atom is -0.379 e. The van der Waals surface area contributed by atoms with Crippen LogP contribution in [0, 0.1) is 0 Å². The van der Waals surface area contributed by atoms with Crippen molar-refractivity contribution in [2.45, 2.75) is 213 Å². The summed E-state index contributed by atoms with van der Waals surface area (Å²) in [6.45, 7) is 7.48. The second-order valence-electron chi connectivity index (χ2n) is 13.0. The lowest BCUT2D eigenvalue weighted by molar-refractivity contribution is -0.0136. The van der Waals surface area contributed by atoms with Gasteiger partial charge in [0, 0.05) is 19.8 Å². The van der Waals surface area contributed by atoms with Crippen LogP contribution in [0.25, 0.3) is 0 Å². The first-order valence-electron chi connectivity index (χ1n) is 19.4. The first kappa shape index (κ1) is 41.6. The molecule has 3 heteroatoms. The molecule has 252 valence electrons. The molecule has 0 spiro atoms. The summed E-state index contributed by atoms with van der Waals surface area (Å²) in [5, 5.41) is 0. The van der Waals surface area contributed by atoms with Crippen LogP contribution in [0.3, 0.4) is 0 Å². The number of nitrogens with two attached hydrogens (primary N) is 1. The van der Waals surface area contributed by atoms with E-state index >= 15 is 0 Å². The van der Waals surface area contributed by atoms with Crippen molar-refractivity contribution in [2.24, 2.45) is 5.73 Å². The summed E-state index contributed by atoms with van der Waals surface area (Å²) in [7, 11) is 0. The molecule has 0 aromatic carbocycles. The Bertz CT molecular complexity index is 495. The smallest absolute Gasteiger partial charge is 0.0930 e. The molecule has 0 aromatic heterocycles. The molecule has 0 rings (SSSR count). The predicted molar refractivity (Wildman–Crippen MR) is 189 cm³/mol. The molecule has 0 saturated carbocycles. The van der Waals surface area contributed by atoms with Crippen LogP contribution in [-0.4, -0.2) is 32.5 Å². The van der Waals surface area contributed by atoms with Crippen LogP contribution >= 0.6 is 0 Å². The molecule has 1 atom stereocenters. The third-order valence-corrected chi connectivity index (χ3v) is 8.72. The van der Waals surface area contributed by atoms with E-state index in [2.05, 4.69) is 26.0 Å². The molecule has 0 saturated heterocycles. The van der Waals surface area contributed by atoms with E-state index in [4.69, 9.17) is 15.2 Å². The van der Waals surface area contributed by atoms with Gasteiger partial charge in [-0.3, -0.25) is 0 Å². The van der Waals surface area contributed by atoms with Crippen LogP contribution in [0.15, 0.2) is 12.2 Å². The van der Waals surface area contributed by atoms with Crippen molar-refractivity contribution in [3.05, 3.63) is 12.2 Å². The van der Waals surface area contributed by atoms with Gasteiger partial charge in [-0.1, -0.05) is 180 Å². The Kier molecular flexibility index (Phi) is 38.3. The van der Waals surface area contributed by atoms with Gasteiger partial charge in [-0.25, -0.2) is 0 Å². The minimum absolute atomic E-state index is 0.0641. The third kappa shape index (κ3) is 35.8. The molecule has 0 aliphatic heterocycles. The van der Waals surface area contributed by atoms with Crippen molar-refractivity contribution in [2.75, 3.05) is 26.4 Å². The van der Waals surface area contributed by atoms with Crippen molar-refractivity contribution in [1.82, 2.24) is 0 Å². The van der Waals surface area contributed by atoms with Crippen molar-refractivity contribution in [3.8, 4) is 0 Å². The summed E-state index contributed by atoms with van der Waals surface area (Å²) >= 11 is 0. The van der Waals surface area contributed by atoms with Gasteiger partial charge in [0.15, 0.2) is 0 Å². The molecule has 0 heterocycles. The topological polar surface area (TPSA) is 44.5 Å². The molecular weight excluding hydrogens is 514 g/mol. The minimum atomic E-state index is 0.0641. The maximum absolute atomic E-state index is 5.98. The SMILES string of the molecule is CCCCCCCC/C=C\CCCCCCCCOC(CN)COCCCCCCCCCCCCCCCCCC. The molecule has 0 aliphatic carbocycles. The van der Waals surface area contributed by atoms with E-state index in [-0.39, 0.29) is 6.10 Å². The van der Waals surface area contributed by atoms with Crippen molar-refractivity contribution >= 4 is 0 Å². The highest BCUT2D eigenvalue weighted by Crippen LogP contribution is 2.14. The highest BCUT2D eigenvalue weighted by Gasteiger charge is 2.07. The molecule has 0 aliphatic rings. The van der Waals surface area contributed by atoms with Gasteiger partial charge in [0.25, 0.3) is 0 Å². The van der Waals surface area contributed by atoms with Crippen molar-refractivity contribution < 1.29 is 9.47 Å². The lowest BCUT2D eigenvalue weighted by Crippen LogP contribution is -2.29. The molecule has 0 amide bonds. The summed E-state index contributed by atoms with van der Waals surface area (Å²) in [6, 6.07) is 0. The highest BCUT2D eigenvalue weighted by molar-refractivity contribution is 4.81. The fourth-order valence-corrected chi connectivity index (χ4v) is 5.75. The molecule has 3 nitrogen and oxygen atoms in total. The normalized spacial score (nSPS) is 12.5. The van der Waals surface area contributed by atoms with E-state index < -0.39 is 0 Å². The predicted octanol–water partition coefficient (Wildman–Crippen LogP) is 12.6. The average Bonchev–Trinajstić information content (AvgIpc) is 3.00. The van der Waals surface area contributed by atoms with Gasteiger partial charge >= 0.3 is 0 Å². The summed E-state index contributed by atoms with van der Waals surface area (Å²) in [4.78, 5) is 0. The summed E-state index contributed by atoms with van der Waals surface area (Å²) in [6.07, 6.45) is 46.1. The Hall–Kier alpha value is -0.380. The average molecular weight is 594 g/mol. The first-order valence-corrected chi connectivity index (χ1v) is 19.4. The molecule has 0 aromatic rings. The lowest BCUT2D eigenvalue weighted by Gasteiger charge is -2.16. The Labute approximate surface area is 265 Å². The van der Waals surface area contributed by atoms with Crippen LogP contribution in [0.2, 0.25) is 0 Å². The summed E-state index contributed by atoms with van der Waals surface area (Å²) in [5.41, 5.74) is 5.91. The van der Waals surface area contributed by atoms with Crippen LogP contribution in [0.5, 0.6) is 0 Å². The second-order valence-corrected chi connectivity index (χ2v) is 13.0. The van der Waals surface area contributed by atoms with Crippen LogP contribution in [-0.2, 0) is 9.47 Å². The van der Waals surface area contributed by atoms with Gasteiger partial charge in [0.1, 0.15) is 0 Å². The zero-order chi connectivity index (χ0) is 30.4. The van der Waals surface area contributed by atoms with E-state index in [1.807, 2.05) is 0 Å². The maximum atomic E-state index is 5.98. The van der Waals surface area contributed by atoms with Gasteiger partial charge in [-0.2, -0.15) is 0 Å². The van der Waals surface area contributed by atoms with Gasteiger partial charge in [-0.15, -0.1) is 0 Å². The lowest BCUT2D eigenvalue weighted by atomic mass is 10.0. The standard InChI is InChI=1S/C39H79NO2/c1-3-5-7-9-11-13-15-17-19-21-23-25-27-29-31-33-35-41-38-39(37-40)42-36-34-32-30-28-26-24-22-20-18-16-14-12-10-8-6-4-2/h18,20,39H,3-17,19,21-38,40H2,1-2H3/b20-18-. The Morgan fingerprint density at radius 2 is 0.762 bits per heavy atom. The van der Waals surface area contributed by atoms with Crippen molar-refractivity contribution in [1.29, 1.82) is 0 Å². The van der Waals surface area contributed by atoms with Gasteiger partial charge in [0.05, 0.1) is 12.7 Å². The fourth-order valence-electron chi connectivity index (χ4n) is 5.75. The number of ether oxygens (including phenoxy) is 2. The second kappa shape index (κ2) is 38.6. The maximum Gasteiger partial charge on any atom is 0.0930 e. The van der Waals surface area contributed by atoms with Crippen LogP contribution in [0.4, 0.5) is 0 Å². The quantitative estimate of drug-likeness (QED) is 0.0575. The monoisotopic (exact) mass is 594 g/mol. The van der Waals surface area contributed by atoms with Gasteiger partial charge < -0.3 is 15.2 Å².